The van der Waals surface area contributed by atoms with Crippen molar-refractivity contribution in [1.82, 2.24) is 14.8 Å². The van der Waals surface area contributed by atoms with E-state index in [1.165, 1.54) is 10.7 Å². The number of benzene rings is 1. The highest BCUT2D eigenvalue weighted by molar-refractivity contribution is 9.10. The lowest BCUT2D eigenvalue weighted by Gasteiger charge is -2.04. The highest BCUT2D eigenvalue weighted by Crippen LogP contribution is 2.25. The van der Waals surface area contributed by atoms with Crippen molar-refractivity contribution < 1.29 is 28.2 Å². The third-order valence-corrected chi connectivity index (χ3v) is 3.60. The summed E-state index contributed by atoms with van der Waals surface area (Å²) in [6.07, 6.45) is -0.0333. The quantitative estimate of drug-likeness (QED) is 0.594. The fraction of sp³-hybridized carbons (Fsp3) is 0.375. The minimum Gasteiger partial charge on any atom is -0.466 e. The molecule has 1 aromatic heterocycles. The average molecular weight is 430 g/mol. The van der Waals surface area contributed by atoms with E-state index in [2.05, 4.69) is 26.0 Å². The predicted molar refractivity (Wildman–Crippen MR) is 91.8 cm³/mol. The maximum atomic E-state index is 14.0. The summed E-state index contributed by atoms with van der Waals surface area (Å²) in [5, 5.41) is 3.98. The number of esters is 2. The molecule has 2 rings (SSSR count). The lowest BCUT2D eigenvalue weighted by atomic mass is 10.2. The second-order valence-electron chi connectivity index (χ2n) is 5.03. The van der Waals surface area contributed by atoms with E-state index in [4.69, 9.17) is 14.2 Å². The molecule has 0 bridgehead atoms. The van der Waals surface area contributed by atoms with E-state index in [1.54, 1.807) is 26.1 Å². The second kappa shape index (κ2) is 9.27. The van der Waals surface area contributed by atoms with Gasteiger partial charge < -0.3 is 14.2 Å². The number of hydrogen-bond donors (Lipinski definition) is 0. The molecule has 1 heterocycles. The molecule has 26 heavy (non-hydrogen) atoms. The molecule has 0 unspecified atom stereocenters. The lowest BCUT2D eigenvalue weighted by Crippen LogP contribution is -2.18. The molecule has 0 aliphatic carbocycles. The van der Waals surface area contributed by atoms with Crippen LogP contribution in [0.15, 0.2) is 22.7 Å². The molecule has 0 amide bonds. The van der Waals surface area contributed by atoms with Crippen LogP contribution in [-0.4, -0.2) is 46.5 Å². The molecule has 0 aliphatic heterocycles. The lowest BCUT2D eigenvalue weighted by molar-refractivity contribution is -0.150. The summed E-state index contributed by atoms with van der Waals surface area (Å²) in [4.78, 5) is 26.8. The molecule has 1 aromatic carbocycles. The Balaban J connectivity index is 1.89. The Morgan fingerprint density at radius 3 is 2.73 bits per heavy atom. The van der Waals surface area contributed by atoms with Crippen molar-refractivity contribution in [2.45, 2.75) is 13.3 Å². The molecule has 0 saturated carbocycles. The number of carbonyl (C=O) groups is 2. The van der Waals surface area contributed by atoms with E-state index in [-0.39, 0.29) is 37.0 Å². The summed E-state index contributed by atoms with van der Waals surface area (Å²) in [5.74, 6) is -1.35. The zero-order valence-corrected chi connectivity index (χ0v) is 15.8. The molecule has 0 saturated heterocycles. The first-order valence-electron chi connectivity index (χ1n) is 7.71. The van der Waals surface area contributed by atoms with Crippen molar-refractivity contribution >= 4 is 27.9 Å². The van der Waals surface area contributed by atoms with Crippen LogP contribution in [0.1, 0.15) is 13.3 Å². The molecular formula is C16H17BrFN3O5. The van der Waals surface area contributed by atoms with Gasteiger partial charge in [0, 0.05) is 11.5 Å². The van der Waals surface area contributed by atoms with Crippen molar-refractivity contribution in [3.63, 3.8) is 0 Å². The number of carbonyl (C=O) groups excluding carboxylic acids is 2. The summed E-state index contributed by atoms with van der Waals surface area (Å²) < 4.78 is 30.7. The summed E-state index contributed by atoms with van der Waals surface area (Å²) in [7, 11) is 1.58. The van der Waals surface area contributed by atoms with Crippen molar-refractivity contribution in [3.05, 3.63) is 28.5 Å². The van der Waals surface area contributed by atoms with Gasteiger partial charge in [-0.2, -0.15) is 4.98 Å². The standard InChI is InChI=1S/C16H17BrFN3O5/c1-3-24-13(22)6-7-25-14(23)9-26-16-19-15(21(2)20-16)11-5-4-10(17)8-12(11)18/h4-5,8H,3,6-7,9H2,1-2H3. The number of halogens is 2. The topological polar surface area (TPSA) is 92.5 Å². The summed E-state index contributed by atoms with van der Waals surface area (Å²) in [6, 6.07) is 4.45. The molecular weight excluding hydrogens is 413 g/mol. The van der Waals surface area contributed by atoms with Crippen LogP contribution in [0.5, 0.6) is 6.01 Å². The fourth-order valence-electron chi connectivity index (χ4n) is 1.97. The Morgan fingerprint density at radius 1 is 1.27 bits per heavy atom. The van der Waals surface area contributed by atoms with E-state index >= 15 is 0 Å². The molecule has 140 valence electrons. The predicted octanol–water partition coefficient (Wildman–Crippen LogP) is 2.26. The Labute approximate surface area is 157 Å². The van der Waals surface area contributed by atoms with Crippen LogP contribution in [0, 0.1) is 5.82 Å². The Hall–Kier alpha value is -2.49. The third-order valence-electron chi connectivity index (χ3n) is 3.11. The second-order valence-corrected chi connectivity index (χ2v) is 5.95. The molecule has 0 aliphatic rings. The number of nitrogens with zero attached hydrogens (tertiary/aromatic N) is 3. The van der Waals surface area contributed by atoms with Gasteiger partial charge in [-0.15, -0.1) is 5.10 Å². The molecule has 10 heteroatoms. The van der Waals surface area contributed by atoms with Crippen LogP contribution in [0.2, 0.25) is 0 Å². The number of aryl methyl sites for hydroxylation is 1. The van der Waals surface area contributed by atoms with Crippen LogP contribution >= 0.6 is 15.9 Å². The van der Waals surface area contributed by atoms with Crippen molar-refractivity contribution in [2.75, 3.05) is 19.8 Å². The first kappa shape index (κ1) is 19.8. The minimum absolute atomic E-state index is 0.0333. The van der Waals surface area contributed by atoms with Gasteiger partial charge in [0.1, 0.15) is 12.4 Å². The first-order chi connectivity index (χ1) is 12.4. The van der Waals surface area contributed by atoms with Gasteiger partial charge in [0.25, 0.3) is 0 Å². The van der Waals surface area contributed by atoms with Gasteiger partial charge in [0.15, 0.2) is 12.4 Å². The molecule has 0 N–H and O–H groups in total. The van der Waals surface area contributed by atoms with E-state index in [0.29, 0.717) is 4.47 Å². The molecule has 8 nitrogen and oxygen atoms in total. The number of hydrogen-bond acceptors (Lipinski definition) is 7. The summed E-state index contributed by atoms with van der Waals surface area (Å²) >= 11 is 3.18. The van der Waals surface area contributed by atoms with Crippen LogP contribution in [-0.2, 0) is 26.1 Å². The fourth-order valence-corrected chi connectivity index (χ4v) is 2.31. The number of ether oxygens (including phenoxy) is 3. The van der Waals surface area contributed by atoms with Crippen molar-refractivity contribution in [2.24, 2.45) is 7.05 Å². The first-order valence-corrected chi connectivity index (χ1v) is 8.50. The van der Waals surface area contributed by atoms with Crippen LogP contribution in [0.25, 0.3) is 11.4 Å². The summed E-state index contributed by atoms with van der Waals surface area (Å²) in [5.41, 5.74) is 0.245. The van der Waals surface area contributed by atoms with E-state index in [0.717, 1.165) is 0 Å². The molecule has 0 radical (unpaired) electrons. The van der Waals surface area contributed by atoms with Gasteiger partial charge in [-0.3, -0.25) is 4.79 Å². The van der Waals surface area contributed by atoms with Gasteiger partial charge in [0.05, 0.1) is 18.6 Å². The maximum absolute atomic E-state index is 14.0. The molecule has 0 atom stereocenters. The third kappa shape index (κ3) is 5.51. The number of rotatable bonds is 8. The molecule has 0 fully saturated rings. The van der Waals surface area contributed by atoms with Gasteiger partial charge in [-0.05, 0) is 25.1 Å². The SMILES string of the molecule is CCOC(=O)CCOC(=O)COc1nc(-c2ccc(Br)cc2F)n(C)n1. The van der Waals surface area contributed by atoms with Crippen molar-refractivity contribution in [1.29, 1.82) is 0 Å². The Morgan fingerprint density at radius 2 is 2.04 bits per heavy atom. The highest BCUT2D eigenvalue weighted by atomic mass is 79.9. The minimum atomic E-state index is -0.682. The molecule has 2 aromatic rings. The van der Waals surface area contributed by atoms with Crippen LogP contribution < -0.4 is 4.74 Å². The van der Waals surface area contributed by atoms with E-state index in [1.807, 2.05) is 0 Å². The van der Waals surface area contributed by atoms with Crippen LogP contribution in [0.4, 0.5) is 4.39 Å². The Kier molecular flexibility index (Phi) is 7.07. The number of aromatic nitrogens is 3. The highest BCUT2D eigenvalue weighted by Gasteiger charge is 2.16. The van der Waals surface area contributed by atoms with Gasteiger partial charge >= 0.3 is 17.9 Å². The van der Waals surface area contributed by atoms with Gasteiger partial charge in [-0.25, -0.2) is 13.9 Å². The smallest absolute Gasteiger partial charge is 0.344 e. The van der Waals surface area contributed by atoms with Crippen LogP contribution in [0.3, 0.4) is 0 Å². The van der Waals surface area contributed by atoms with Crippen molar-refractivity contribution in [3.8, 4) is 17.4 Å². The molecule has 0 spiro atoms. The maximum Gasteiger partial charge on any atom is 0.344 e. The Bertz CT molecular complexity index is 796. The average Bonchev–Trinajstić information content (AvgIpc) is 2.94. The van der Waals surface area contributed by atoms with E-state index < -0.39 is 24.4 Å². The zero-order valence-electron chi connectivity index (χ0n) is 14.2. The van der Waals surface area contributed by atoms with Gasteiger partial charge in [-0.1, -0.05) is 15.9 Å². The summed E-state index contributed by atoms with van der Waals surface area (Å²) in [6.45, 7) is 1.41. The van der Waals surface area contributed by atoms with E-state index in [9.17, 15) is 14.0 Å². The zero-order chi connectivity index (χ0) is 19.1. The normalized spacial score (nSPS) is 10.5. The monoisotopic (exact) mass is 429 g/mol. The largest absolute Gasteiger partial charge is 0.466 e. The van der Waals surface area contributed by atoms with Gasteiger partial charge in [0.2, 0.25) is 0 Å².